The first kappa shape index (κ1) is 15.0. The van der Waals surface area contributed by atoms with Gasteiger partial charge in [-0.1, -0.05) is 13.8 Å². The maximum Gasteiger partial charge on any atom is 0.0460 e. The van der Waals surface area contributed by atoms with Crippen LogP contribution in [0.1, 0.15) is 26.7 Å². The van der Waals surface area contributed by atoms with Crippen LogP contribution in [-0.4, -0.2) is 36.8 Å². The van der Waals surface area contributed by atoms with Gasteiger partial charge in [-0.3, -0.25) is 0 Å². The van der Waals surface area contributed by atoms with Crippen LogP contribution in [0.4, 0.5) is 0 Å². The van der Waals surface area contributed by atoms with Gasteiger partial charge in [-0.05, 0) is 38.9 Å². The molecule has 0 unspecified atom stereocenters. The van der Waals surface area contributed by atoms with Crippen molar-refractivity contribution in [2.45, 2.75) is 26.7 Å². The van der Waals surface area contributed by atoms with E-state index in [0.29, 0.717) is 12.5 Å². The van der Waals surface area contributed by atoms with Crippen molar-refractivity contribution in [3.05, 3.63) is 0 Å². The molecule has 0 amide bonds. The van der Waals surface area contributed by atoms with Crippen molar-refractivity contribution in [2.75, 3.05) is 26.7 Å². The van der Waals surface area contributed by atoms with Crippen LogP contribution < -0.4 is 0 Å². The summed E-state index contributed by atoms with van der Waals surface area (Å²) in [5.41, 5.74) is 0. The Morgan fingerprint density at radius 3 is 2.00 bits per heavy atom. The van der Waals surface area contributed by atoms with Crippen LogP contribution >= 0.6 is 0 Å². The third kappa shape index (κ3) is 6.07. The molecule has 0 aromatic heterocycles. The molecule has 0 saturated carbocycles. The van der Waals surface area contributed by atoms with Crippen LogP contribution in [0.5, 0.6) is 0 Å². The summed E-state index contributed by atoms with van der Waals surface area (Å²) >= 11 is 0. The maximum atomic E-state index is 8.76. The zero-order valence-corrected chi connectivity index (χ0v) is 9.85. The summed E-state index contributed by atoms with van der Waals surface area (Å²) in [4.78, 5) is 2.31. The van der Waals surface area contributed by atoms with Gasteiger partial charge >= 0.3 is 0 Å². The molecular weight excluding hydrogens is 189 g/mol. The van der Waals surface area contributed by atoms with E-state index in [1.54, 1.807) is 0 Å². The van der Waals surface area contributed by atoms with Gasteiger partial charge in [0.1, 0.15) is 0 Å². The van der Waals surface area contributed by atoms with E-state index in [0.717, 1.165) is 13.1 Å². The number of hydrogen-bond acceptors (Lipinski definition) is 2. The second-order valence-corrected chi connectivity index (χ2v) is 2.93. The minimum absolute atomic E-state index is 0. The summed E-state index contributed by atoms with van der Waals surface area (Å²) < 4.78 is 0. The van der Waals surface area contributed by atoms with E-state index in [-0.39, 0.29) is 18.6 Å². The molecule has 73 valence electrons. The fourth-order valence-corrected chi connectivity index (χ4v) is 1.24. The Kier molecular flexibility index (Phi) is 12.0. The topological polar surface area (TPSA) is 23.5 Å². The molecule has 12 heavy (non-hydrogen) atoms. The van der Waals surface area contributed by atoms with Crippen LogP contribution in [0.2, 0.25) is 0 Å². The predicted octanol–water partition coefficient (Wildman–Crippen LogP) is 1.34. The number of rotatable bonds is 1. The molecule has 0 aromatic carbocycles. The monoisotopic (exact) mass is 210 g/mol. The number of hydrogen-bond donors (Lipinski definition) is 1. The van der Waals surface area contributed by atoms with Crippen LogP contribution in [-0.2, 0) is 18.6 Å². The summed E-state index contributed by atoms with van der Waals surface area (Å²) in [6.45, 7) is 6.70. The van der Waals surface area contributed by atoms with Crippen molar-refractivity contribution in [1.29, 1.82) is 0 Å². The van der Waals surface area contributed by atoms with Gasteiger partial charge in [-0.2, -0.15) is 0 Å². The van der Waals surface area contributed by atoms with Gasteiger partial charge in [0.2, 0.25) is 0 Å². The van der Waals surface area contributed by atoms with Gasteiger partial charge in [0.05, 0.1) is 0 Å². The first-order valence-electron chi connectivity index (χ1n) is 4.62. The Bertz CT molecular complexity index is 82.6. The standard InChI is InChI=1S/C7H15NO.C2H6.V/c1-8-4-2-7(6-9)3-5-8;1-2;/h7,9H,2-6H2,1H3;1-2H3;. The molecule has 1 rings (SSSR count). The number of nitrogens with zero attached hydrogens (tertiary/aromatic N) is 1. The second kappa shape index (κ2) is 9.59. The van der Waals surface area contributed by atoms with E-state index in [1.807, 2.05) is 13.8 Å². The van der Waals surface area contributed by atoms with Gasteiger partial charge < -0.3 is 10.0 Å². The fraction of sp³-hybridized carbons (Fsp3) is 1.00. The van der Waals surface area contributed by atoms with Crippen LogP contribution in [0.15, 0.2) is 0 Å². The normalized spacial score (nSPS) is 19.0. The molecule has 1 aliphatic heterocycles. The van der Waals surface area contributed by atoms with Gasteiger partial charge in [0.15, 0.2) is 0 Å². The molecule has 0 atom stereocenters. The molecule has 1 saturated heterocycles. The molecule has 1 heterocycles. The van der Waals surface area contributed by atoms with Gasteiger partial charge in [-0.15, -0.1) is 0 Å². The number of piperidine rings is 1. The number of likely N-dealkylation sites (tertiary alicyclic amines) is 1. The summed E-state index contributed by atoms with van der Waals surface area (Å²) in [5, 5.41) is 8.76. The minimum Gasteiger partial charge on any atom is -0.396 e. The third-order valence-corrected chi connectivity index (χ3v) is 2.10. The summed E-state index contributed by atoms with van der Waals surface area (Å²) in [6.07, 6.45) is 2.35. The molecule has 3 heteroatoms. The average Bonchev–Trinajstić information content (AvgIpc) is 2.10. The van der Waals surface area contributed by atoms with Crippen LogP contribution in [0.3, 0.4) is 0 Å². The molecule has 0 spiro atoms. The molecule has 1 radical (unpaired) electrons. The van der Waals surface area contributed by atoms with E-state index in [1.165, 1.54) is 12.8 Å². The molecule has 0 aliphatic carbocycles. The Morgan fingerprint density at radius 1 is 1.25 bits per heavy atom. The van der Waals surface area contributed by atoms with Crippen LogP contribution in [0, 0.1) is 5.92 Å². The first-order chi connectivity index (χ1) is 5.33. The maximum absolute atomic E-state index is 8.76. The largest absolute Gasteiger partial charge is 0.396 e. The Labute approximate surface area is 88.2 Å². The molecule has 2 nitrogen and oxygen atoms in total. The third-order valence-electron chi connectivity index (χ3n) is 2.10. The number of aliphatic hydroxyl groups is 1. The van der Waals surface area contributed by atoms with Crippen molar-refractivity contribution < 1.29 is 23.7 Å². The smallest absolute Gasteiger partial charge is 0.0460 e. The quantitative estimate of drug-likeness (QED) is 0.706. The molecule has 1 N–H and O–H groups in total. The van der Waals surface area contributed by atoms with Crippen LogP contribution in [0.25, 0.3) is 0 Å². The Balaban J connectivity index is 0. The second-order valence-electron chi connectivity index (χ2n) is 2.93. The van der Waals surface area contributed by atoms with Gasteiger partial charge in [0, 0.05) is 25.2 Å². The van der Waals surface area contributed by atoms with Crippen molar-refractivity contribution in [1.82, 2.24) is 4.90 Å². The van der Waals surface area contributed by atoms with E-state index in [9.17, 15) is 0 Å². The molecule has 0 aromatic rings. The molecule has 1 fully saturated rings. The SMILES string of the molecule is CC.CN1CCC(CO)CC1.[V]. The van der Waals surface area contributed by atoms with Gasteiger partial charge in [-0.25, -0.2) is 0 Å². The van der Waals surface area contributed by atoms with E-state index in [4.69, 9.17) is 5.11 Å². The summed E-state index contributed by atoms with van der Waals surface area (Å²) in [6, 6.07) is 0. The minimum atomic E-state index is 0. The van der Waals surface area contributed by atoms with E-state index < -0.39 is 0 Å². The van der Waals surface area contributed by atoms with Crippen molar-refractivity contribution in [2.24, 2.45) is 5.92 Å². The van der Waals surface area contributed by atoms with Crippen molar-refractivity contribution in [3.8, 4) is 0 Å². The van der Waals surface area contributed by atoms with E-state index >= 15 is 0 Å². The molecular formula is C9H21NOV. The average molecular weight is 210 g/mol. The van der Waals surface area contributed by atoms with Crippen molar-refractivity contribution in [3.63, 3.8) is 0 Å². The molecule has 1 aliphatic rings. The van der Waals surface area contributed by atoms with E-state index in [2.05, 4.69) is 11.9 Å². The zero-order chi connectivity index (χ0) is 8.69. The fourth-order valence-electron chi connectivity index (χ4n) is 1.24. The Morgan fingerprint density at radius 2 is 1.67 bits per heavy atom. The zero-order valence-electron chi connectivity index (χ0n) is 8.45. The van der Waals surface area contributed by atoms with Gasteiger partial charge in [0.25, 0.3) is 0 Å². The first-order valence-corrected chi connectivity index (χ1v) is 4.62. The van der Waals surface area contributed by atoms with Crippen molar-refractivity contribution >= 4 is 0 Å². The summed E-state index contributed by atoms with van der Waals surface area (Å²) in [5.74, 6) is 0.584. The summed E-state index contributed by atoms with van der Waals surface area (Å²) in [7, 11) is 2.13. The predicted molar refractivity (Wildman–Crippen MR) is 48.7 cm³/mol. The molecule has 0 bridgehead atoms. The number of aliphatic hydroxyl groups excluding tert-OH is 1. The Hall–Kier alpha value is 0.504.